The number of hydrogen-bond acceptors (Lipinski definition) is 2. The predicted octanol–water partition coefficient (Wildman–Crippen LogP) is 4.23. The van der Waals surface area contributed by atoms with Crippen LogP contribution in [-0.2, 0) is 6.42 Å². The van der Waals surface area contributed by atoms with E-state index in [-0.39, 0.29) is 5.56 Å². The molecule has 0 saturated heterocycles. The molecule has 100 valence electrons. The molecule has 0 bridgehead atoms. The Bertz CT molecular complexity index is 564. The number of aryl methyl sites for hydroxylation is 1. The highest BCUT2D eigenvalue weighted by atomic mass is 19.1. The first-order valence-electron chi connectivity index (χ1n) is 6.35. The Morgan fingerprint density at radius 1 is 1.11 bits per heavy atom. The van der Waals surface area contributed by atoms with E-state index < -0.39 is 11.9 Å². The van der Waals surface area contributed by atoms with Gasteiger partial charge in [-0.2, -0.15) is 0 Å². The minimum Gasteiger partial charge on any atom is -0.457 e. The van der Waals surface area contributed by atoms with Crippen molar-refractivity contribution in [2.24, 2.45) is 0 Å². The first-order valence-corrected chi connectivity index (χ1v) is 6.35. The van der Waals surface area contributed by atoms with Crippen molar-refractivity contribution in [3.05, 3.63) is 59.4 Å². The summed E-state index contributed by atoms with van der Waals surface area (Å²) in [5, 5.41) is 9.67. The summed E-state index contributed by atoms with van der Waals surface area (Å²) in [5.74, 6) is 0.592. The molecular formula is C16H17FO2. The summed E-state index contributed by atoms with van der Waals surface area (Å²) in [6.45, 7) is 3.56. The van der Waals surface area contributed by atoms with Gasteiger partial charge in [0.25, 0.3) is 0 Å². The molecule has 2 aromatic rings. The largest absolute Gasteiger partial charge is 0.457 e. The summed E-state index contributed by atoms with van der Waals surface area (Å²) < 4.78 is 19.5. The lowest BCUT2D eigenvalue weighted by Crippen LogP contribution is -2.00. The van der Waals surface area contributed by atoms with Gasteiger partial charge in [-0.15, -0.1) is 0 Å². The molecular weight excluding hydrogens is 243 g/mol. The zero-order chi connectivity index (χ0) is 13.8. The minimum absolute atomic E-state index is 0.188. The van der Waals surface area contributed by atoms with E-state index in [4.69, 9.17) is 4.74 Å². The second-order valence-electron chi connectivity index (χ2n) is 4.39. The van der Waals surface area contributed by atoms with Crippen molar-refractivity contribution in [3.63, 3.8) is 0 Å². The smallest absolute Gasteiger partial charge is 0.136 e. The maximum absolute atomic E-state index is 13.7. The lowest BCUT2D eigenvalue weighted by molar-refractivity contribution is 0.190. The van der Waals surface area contributed by atoms with Gasteiger partial charge in [0.1, 0.15) is 17.3 Å². The molecule has 0 aliphatic rings. The maximum Gasteiger partial charge on any atom is 0.136 e. The zero-order valence-electron chi connectivity index (χ0n) is 11.1. The first kappa shape index (κ1) is 13.6. The Hall–Kier alpha value is -1.87. The molecule has 1 unspecified atom stereocenters. The van der Waals surface area contributed by atoms with E-state index in [2.05, 4.69) is 0 Å². The van der Waals surface area contributed by atoms with Crippen molar-refractivity contribution < 1.29 is 14.2 Å². The molecule has 0 aliphatic carbocycles. The van der Waals surface area contributed by atoms with Crippen LogP contribution in [0.3, 0.4) is 0 Å². The van der Waals surface area contributed by atoms with Crippen molar-refractivity contribution in [1.82, 2.24) is 0 Å². The van der Waals surface area contributed by atoms with Crippen molar-refractivity contribution in [1.29, 1.82) is 0 Å². The van der Waals surface area contributed by atoms with Crippen LogP contribution in [0.1, 0.15) is 31.1 Å². The number of aliphatic hydroxyl groups is 1. The van der Waals surface area contributed by atoms with Crippen LogP contribution >= 0.6 is 0 Å². The van der Waals surface area contributed by atoms with E-state index in [1.54, 1.807) is 12.1 Å². The van der Waals surface area contributed by atoms with Gasteiger partial charge in [0.05, 0.1) is 11.7 Å². The summed E-state index contributed by atoms with van der Waals surface area (Å²) in [5.41, 5.74) is 1.23. The molecule has 0 amide bonds. The van der Waals surface area contributed by atoms with Gasteiger partial charge in [-0.1, -0.05) is 31.2 Å². The fourth-order valence-corrected chi connectivity index (χ4v) is 2.03. The van der Waals surface area contributed by atoms with Crippen LogP contribution in [0.5, 0.6) is 11.5 Å². The molecule has 0 heterocycles. The second-order valence-corrected chi connectivity index (χ2v) is 4.39. The molecule has 0 saturated carbocycles. The van der Waals surface area contributed by atoms with E-state index in [1.165, 1.54) is 13.0 Å². The van der Waals surface area contributed by atoms with Crippen molar-refractivity contribution in [3.8, 4) is 11.5 Å². The van der Waals surface area contributed by atoms with E-state index in [0.29, 0.717) is 11.5 Å². The highest BCUT2D eigenvalue weighted by Gasteiger charge is 2.15. The average Bonchev–Trinajstić information content (AvgIpc) is 2.39. The van der Waals surface area contributed by atoms with Crippen LogP contribution in [0.25, 0.3) is 0 Å². The number of hydrogen-bond donors (Lipinski definition) is 1. The maximum atomic E-state index is 13.7. The van der Waals surface area contributed by atoms with Gasteiger partial charge in [-0.05, 0) is 37.1 Å². The monoisotopic (exact) mass is 260 g/mol. The van der Waals surface area contributed by atoms with Crippen molar-refractivity contribution in [2.45, 2.75) is 26.4 Å². The molecule has 0 radical (unpaired) electrons. The average molecular weight is 260 g/mol. The second kappa shape index (κ2) is 5.85. The summed E-state index contributed by atoms with van der Waals surface area (Å²) in [6.07, 6.45) is -0.0832. The van der Waals surface area contributed by atoms with Crippen LogP contribution in [-0.4, -0.2) is 5.11 Å². The molecule has 0 fully saturated rings. The van der Waals surface area contributed by atoms with Crippen LogP contribution < -0.4 is 4.74 Å². The third-order valence-electron chi connectivity index (χ3n) is 3.00. The fourth-order valence-electron chi connectivity index (χ4n) is 2.03. The van der Waals surface area contributed by atoms with E-state index in [0.717, 1.165) is 12.0 Å². The lowest BCUT2D eigenvalue weighted by Gasteiger charge is -2.15. The standard InChI is InChI=1S/C16H17FO2/c1-3-12-7-4-5-9-14(12)19-15-10-6-8-13(17)16(15)11(2)18/h4-11,18H,3H2,1-2H3. The van der Waals surface area contributed by atoms with Gasteiger partial charge >= 0.3 is 0 Å². The Morgan fingerprint density at radius 2 is 1.79 bits per heavy atom. The first-order chi connectivity index (χ1) is 9.13. The van der Waals surface area contributed by atoms with Crippen molar-refractivity contribution in [2.75, 3.05) is 0 Å². The predicted molar refractivity (Wildman–Crippen MR) is 72.9 cm³/mol. The third kappa shape index (κ3) is 2.93. The van der Waals surface area contributed by atoms with Crippen molar-refractivity contribution >= 4 is 0 Å². The highest BCUT2D eigenvalue weighted by molar-refractivity contribution is 5.42. The van der Waals surface area contributed by atoms with E-state index >= 15 is 0 Å². The topological polar surface area (TPSA) is 29.5 Å². The Balaban J connectivity index is 2.41. The number of para-hydroxylation sites is 1. The Morgan fingerprint density at radius 3 is 2.47 bits per heavy atom. The molecule has 2 aromatic carbocycles. The van der Waals surface area contributed by atoms with Gasteiger partial charge in [-0.25, -0.2) is 4.39 Å². The number of aliphatic hydroxyl groups excluding tert-OH is 1. The fraction of sp³-hybridized carbons (Fsp3) is 0.250. The van der Waals surface area contributed by atoms with Gasteiger partial charge in [0.2, 0.25) is 0 Å². The van der Waals surface area contributed by atoms with Crippen LogP contribution in [0, 0.1) is 5.82 Å². The molecule has 19 heavy (non-hydrogen) atoms. The van der Waals surface area contributed by atoms with E-state index in [9.17, 15) is 9.50 Å². The molecule has 1 atom stereocenters. The van der Waals surface area contributed by atoms with Crippen LogP contribution in [0.2, 0.25) is 0 Å². The van der Waals surface area contributed by atoms with Gasteiger partial charge in [0, 0.05) is 0 Å². The molecule has 2 nitrogen and oxygen atoms in total. The lowest BCUT2D eigenvalue weighted by atomic mass is 10.1. The summed E-state index contributed by atoms with van der Waals surface area (Å²) in [4.78, 5) is 0. The zero-order valence-corrected chi connectivity index (χ0v) is 11.1. The van der Waals surface area contributed by atoms with Gasteiger partial charge < -0.3 is 9.84 Å². The molecule has 2 rings (SSSR count). The minimum atomic E-state index is -0.912. The Kier molecular flexibility index (Phi) is 4.17. The molecule has 1 N–H and O–H groups in total. The van der Waals surface area contributed by atoms with Gasteiger partial charge in [-0.3, -0.25) is 0 Å². The Labute approximate surface area is 112 Å². The normalized spacial score (nSPS) is 12.2. The SMILES string of the molecule is CCc1ccccc1Oc1cccc(F)c1C(C)O. The summed E-state index contributed by atoms with van der Waals surface area (Å²) in [7, 11) is 0. The van der Waals surface area contributed by atoms with Crippen LogP contribution in [0.15, 0.2) is 42.5 Å². The van der Waals surface area contributed by atoms with E-state index in [1.807, 2.05) is 31.2 Å². The molecule has 0 aromatic heterocycles. The summed E-state index contributed by atoms with van der Waals surface area (Å²) in [6, 6.07) is 12.2. The van der Waals surface area contributed by atoms with Crippen LogP contribution in [0.4, 0.5) is 4.39 Å². The third-order valence-corrected chi connectivity index (χ3v) is 3.00. The molecule has 0 spiro atoms. The van der Waals surface area contributed by atoms with Gasteiger partial charge in [0.15, 0.2) is 0 Å². The number of benzene rings is 2. The number of ether oxygens (including phenoxy) is 1. The number of rotatable bonds is 4. The molecule has 3 heteroatoms. The highest BCUT2D eigenvalue weighted by Crippen LogP contribution is 2.33. The summed E-state index contributed by atoms with van der Waals surface area (Å²) >= 11 is 0. The number of halogens is 1. The quantitative estimate of drug-likeness (QED) is 0.891. The molecule has 0 aliphatic heterocycles.